The van der Waals surface area contributed by atoms with Crippen molar-refractivity contribution in [2.24, 2.45) is 12.0 Å². The van der Waals surface area contributed by atoms with E-state index in [1.165, 1.54) is 12.1 Å². The highest BCUT2D eigenvalue weighted by Gasteiger charge is 2.36. The van der Waals surface area contributed by atoms with Crippen molar-refractivity contribution >= 4 is 35.3 Å². The van der Waals surface area contributed by atoms with Crippen molar-refractivity contribution in [3.8, 4) is 0 Å². The number of aromatic carboxylic acids is 1. The van der Waals surface area contributed by atoms with Gasteiger partial charge in [0, 0.05) is 18.8 Å². The lowest BCUT2D eigenvalue weighted by Crippen LogP contribution is -2.62. The average Bonchev–Trinajstić information content (AvgIpc) is 3.01. The SMILES string of the molecule is CCC(CO)NC1(Nc2ccc(Cl)c(C(=O)O)c2)N=Cc2nnn(C)c2N1. The molecule has 0 radical (unpaired) electrons. The summed E-state index contributed by atoms with van der Waals surface area (Å²) in [7, 11) is 1.73. The standard InChI is InChI=1S/C16H20ClN7O3/c1-3-9(8-25)19-16(18-7-13-14(21-16)24(2)23-22-13)20-10-4-5-12(17)11(6-10)15(26)27/h4-7,9,19-21,25H,3,8H2,1-2H3,(H,26,27). The zero-order chi connectivity index (χ0) is 19.6. The predicted octanol–water partition coefficient (Wildman–Crippen LogP) is 1.09. The molecule has 0 spiro atoms. The summed E-state index contributed by atoms with van der Waals surface area (Å²) in [5.74, 6) is -1.76. The Kier molecular flexibility index (Phi) is 5.31. The van der Waals surface area contributed by atoms with Crippen LogP contribution < -0.4 is 16.0 Å². The second-order valence-electron chi connectivity index (χ2n) is 6.10. The van der Waals surface area contributed by atoms with Gasteiger partial charge in [0.25, 0.3) is 5.91 Å². The molecule has 0 aliphatic carbocycles. The molecule has 2 aromatic rings. The summed E-state index contributed by atoms with van der Waals surface area (Å²) in [4.78, 5) is 15.8. The minimum atomic E-state index is -1.24. The van der Waals surface area contributed by atoms with Gasteiger partial charge in [0.05, 0.1) is 23.4 Å². The number of aryl methyl sites for hydroxylation is 1. The number of nitrogens with one attached hydrogen (secondary N) is 3. The first-order chi connectivity index (χ1) is 12.9. The number of hydrogen-bond donors (Lipinski definition) is 5. The van der Waals surface area contributed by atoms with E-state index in [0.717, 1.165) is 0 Å². The van der Waals surface area contributed by atoms with Crippen molar-refractivity contribution < 1.29 is 15.0 Å². The van der Waals surface area contributed by atoms with E-state index in [-0.39, 0.29) is 23.2 Å². The number of nitrogens with zero attached hydrogens (tertiary/aromatic N) is 4. The second kappa shape index (κ2) is 7.51. The van der Waals surface area contributed by atoms with Gasteiger partial charge in [0.2, 0.25) is 0 Å². The molecule has 1 aromatic heterocycles. The summed E-state index contributed by atoms with van der Waals surface area (Å²) >= 11 is 5.95. The Labute approximate surface area is 160 Å². The maximum absolute atomic E-state index is 11.4. The van der Waals surface area contributed by atoms with Crippen molar-refractivity contribution in [1.82, 2.24) is 20.3 Å². The maximum atomic E-state index is 11.4. The molecule has 27 heavy (non-hydrogen) atoms. The summed E-state index contributed by atoms with van der Waals surface area (Å²) in [6.07, 6.45) is 2.20. The molecular weight excluding hydrogens is 374 g/mol. The molecule has 3 rings (SSSR count). The predicted molar refractivity (Wildman–Crippen MR) is 101 cm³/mol. The summed E-state index contributed by atoms with van der Waals surface area (Å²) in [5.41, 5.74) is 1.00. The fraction of sp³-hybridized carbons (Fsp3) is 0.375. The van der Waals surface area contributed by atoms with Gasteiger partial charge in [-0.25, -0.2) is 14.5 Å². The van der Waals surface area contributed by atoms with E-state index in [1.54, 1.807) is 24.0 Å². The molecule has 11 heteroatoms. The van der Waals surface area contributed by atoms with Crippen molar-refractivity contribution in [2.75, 3.05) is 17.2 Å². The third-order valence-corrected chi connectivity index (χ3v) is 4.51. The Bertz CT molecular complexity index is 881. The highest BCUT2D eigenvalue weighted by molar-refractivity contribution is 6.33. The van der Waals surface area contributed by atoms with Crippen molar-refractivity contribution in [2.45, 2.75) is 25.3 Å². The van der Waals surface area contributed by atoms with Gasteiger partial charge >= 0.3 is 5.97 Å². The molecule has 5 N–H and O–H groups in total. The Morgan fingerprint density at radius 3 is 2.93 bits per heavy atom. The molecular formula is C16H20ClN7O3. The van der Waals surface area contributed by atoms with E-state index in [4.69, 9.17) is 11.6 Å². The molecule has 0 saturated heterocycles. The fourth-order valence-electron chi connectivity index (χ4n) is 2.69. The maximum Gasteiger partial charge on any atom is 0.337 e. The highest BCUT2D eigenvalue weighted by Crippen LogP contribution is 2.27. The van der Waals surface area contributed by atoms with Crippen LogP contribution in [0.4, 0.5) is 11.5 Å². The molecule has 0 bridgehead atoms. The van der Waals surface area contributed by atoms with Crippen LogP contribution in [-0.4, -0.2) is 56.0 Å². The summed E-state index contributed by atoms with van der Waals surface area (Å²) < 4.78 is 1.56. The van der Waals surface area contributed by atoms with E-state index in [0.29, 0.717) is 23.6 Å². The van der Waals surface area contributed by atoms with E-state index in [9.17, 15) is 15.0 Å². The number of aliphatic hydroxyl groups is 1. The number of anilines is 2. The van der Waals surface area contributed by atoms with Crippen LogP contribution in [0.25, 0.3) is 0 Å². The quantitative estimate of drug-likeness (QED) is 0.441. The van der Waals surface area contributed by atoms with Crippen LogP contribution in [0.2, 0.25) is 5.02 Å². The number of aromatic nitrogens is 3. The summed E-state index contributed by atoms with van der Waals surface area (Å²) in [5, 5.41) is 36.6. The van der Waals surface area contributed by atoms with E-state index >= 15 is 0 Å². The number of rotatable bonds is 7. The first-order valence-electron chi connectivity index (χ1n) is 8.30. The molecule has 10 nitrogen and oxygen atoms in total. The third-order valence-electron chi connectivity index (χ3n) is 4.18. The topological polar surface area (TPSA) is 137 Å². The molecule has 1 aliphatic rings. The molecule has 2 unspecified atom stereocenters. The van der Waals surface area contributed by atoms with Crippen LogP contribution in [0.3, 0.4) is 0 Å². The number of aliphatic imine (C=N–C) groups is 1. The van der Waals surface area contributed by atoms with E-state index in [1.807, 2.05) is 6.92 Å². The molecule has 144 valence electrons. The molecule has 2 atom stereocenters. The van der Waals surface area contributed by atoms with Gasteiger partial charge in [0.15, 0.2) is 5.82 Å². The fourth-order valence-corrected chi connectivity index (χ4v) is 2.89. The van der Waals surface area contributed by atoms with Gasteiger partial charge < -0.3 is 20.8 Å². The zero-order valence-corrected chi connectivity index (χ0v) is 15.5. The van der Waals surface area contributed by atoms with Gasteiger partial charge in [-0.3, -0.25) is 5.32 Å². The van der Waals surface area contributed by atoms with Crippen molar-refractivity contribution in [3.63, 3.8) is 0 Å². The normalized spacial score (nSPS) is 19.3. The van der Waals surface area contributed by atoms with Crippen LogP contribution >= 0.6 is 11.6 Å². The van der Waals surface area contributed by atoms with Gasteiger partial charge in [-0.2, -0.15) is 0 Å². The second-order valence-corrected chi connectivity index (χ2v) is 6.50. The van der Waals surface area contributed by atoms with Crippen LogP contribution in [0.5, 0.6) is 0 Å². The number of fused-ring (bicyclic) bond motifs is 1. The lowest BCUT2D eigenvalue weighted by Gasteiger charge is -2.38. The molecule has 1 aromatic carbocycles. The molecule has 0 saturated carbocycles. The molecule has 0 amide bonds. The van der Waals surface area contributed by atoms with Crippen LogP contribution in [-0.2, 0) is 7.05 Å². The first-order valence-corrected chi connectivity index (χ1v) is 8.68. The number of aliphatic hydroxyl groups excluding tert-OH is 1. The third kappa shape index (κ3) is 3.87. The number of carboxylic acid groups (broad SMARTS) is 1. The van der Waals surface area contributed by atoms with Crippen molar-refractivity contribution in [3.05, 3.63) is 34.5 Å². The van der Waals surface area contributed by atoms with E-state index in [2.05, 4.69) is 31.3 Å². The van der Waals surface area contributed by atoms with Gasteiger partial charge in [-0.1, -0.05) is 23.7 Å². The Morgan fingerprint density at radius 2 is 2.26 bits per heavy atom. The Hall–Kier alpha value is -2.69. The number of halogens is 1. The lowest BCUT2D eigenvalue weighted by molar-refractivity contribution is 0.0697. The number of hydrogen-bond acceptors (Lipinski definition) is 8. The number of carboxylic acids is 1. The minimum Gasteiger partial charge on any atom is -0.478 e. The van der Waals surface area contributed by atoms with Crippen LogP contribution in [0, 0.1) is 0 Å². The highest BCUT2D eigenvalue weighted by atomic mass is 35.5. The first kappa shape index (κ1) is 19.1. The summed E-state index contributed by atoms with van der Waals surface area (Å²) in [6.45, 7) is 1.82. The van der Waals surface area contributed by atoms with Crippen molar-refractivity contribution in [1.29, 1.82) is 0 Å². The van der Waals surface area contributed by atoms with Gasteiger partial charge in [-0.05, 0) is 24.6 Å². The minimum absolute atomic E-state index is 0.0336. The largest absolute Gasteiger partial charge is 0.478 e. The molecule has 0 fully saturated rings. The van der Waals surface area contributed by atoms with E-state index < -0.39 is 11.9 Å². The Balaban J connectivity index is 1.98. The smallest absolute Gasteiger partial charge is 0.337 e. The number of benzene rings is 1. The van der Waals surface area contributed by atoms with Crippen LogP contribution in [0.15, 0.2) is 23.2 Å². The average molecular weight is 394 g/mol. The number of carbonyl (C=O) groups is 1. The van der Waals surface area contributed by atoms with Crippen LogP contribution in [0.1, 0.15) is 29.4 Å². The lowest BCUT2D eigenvalue weighted by atomic mass is 10.2. The Morgan fingerprint density at radius 1 is 1.48 bits per heavy atom. The van der Waals surface area contributed by atoms with Gasteiger partial charge in [0.1, 0.15) is 5.69 Å². The molecule has 2 heterocycles. The molecule has 1 aliphatic heterocycles. The zero-order valence-electron chi connectivity index (χ0n) is 14.8. The summed E-state index contributed by atoms with van der Waals surface area (Å²) in [6, 6.07) is 4.29. The monoisotopic (exact) mass is 393 g/mol. The van der Waals surface area contributed by atoms with Gasteiger partial charge in [-0.15, -0.1) is 5.10 Å².